The van der Waals surface area contributed by atoms with E-state index in [2.05, 4.69) is 83.0 Å². The van der Waals surface area contributed by atoms with Crippen molar-refractivity contribution in [1.82, 2.24) is 4.23 Å². The molecule has 22 heavy (non-hydrogen) atoms. The molecule has 0 fully saturated rings. The second kappa shape index (κ2) is 5.93. The van der Waals surface area contributed by atoms with Crippen molar-refractivity contribution in [2.24, 2.45) is 0 Å². The van der Waals surface area contributed by atoms with Crippen molar-refractivity contribution in [2.75, 3.05) is 0 Å². The normalized spacial score (nSPS) is 12.6. The van der Waals surface area contributed by atoms with E-state index in [-0.39, 0.29) is 0 Å². The van der Waals surface area contributed by atoms with Crippen LogP contribution in [0.25, 0.3) is 10.9 Å². The maximum Gasteiger partial charge on any atom is 0.171 e. The number of fused-ring (bicyclic) bond motifs is 1. The zero-order valence-corrected chi connectivity index (χ0v) is 15.9. The van der Waals surface area contributed by atoms with Gasteiger partial charge in [0, 0.05) is 10.9 Å². The molecule has 0 saturated carbocycles. The minimum atomic E-state index is -1.91. The molecule has 0 N–H and O–H groups in total. The molecule has 0 spiro atoms. The van der Waals surface area contributed by atoms with Gasteiger partial charge in [-0.2, -0.15) is 5.26 Å². The van der Waals surface area contributed by atoms with Crippen molar-refractivity contribution >= 4 is 19.1 Å². The van der Waals surface area contributed by atoms with Gasteiger partial charge in [-0.05, 0) is 41.2 Å². The summed E-state index contributed by atoms with van der Waals surface area (Å²) < 4.78 is 2.47. The Labute approximate surface area is 135 Å². The first kappa shape index (κ1) is 16.8. The second-order valence-corrected chi connectivity index (χ2v) is 13.1. The topological polar surface area (TPSA) is 28.7 Å². The second-order valence-electron chi connectivity index (χ2n) is 7.39. The molecular formula is C19H28N2Si. The van der Waals surface area contributed by atoms with Crippen molar-refractivity contribution in [3.05, 3.63) is 35.5 Å². The van der Waals surface area contributed by atoms with E-state index < -0.39 is 8.24 Å². The smallest absolute Gasteiger partial charge is 0.171 e. The standard InChI is InChI=1S/C19H28N2Si/c1-13(2)22(14(3)4,15(5)6)21-18(12-20)11-17-9-8-16(7)10-19(17)21/h8-11,13-15H,1-7H3. The molecule has 1 aromatic heterocycles. The zero-order valence-electron chi connectivity index (χ0n) is 14.9. The van der Waals surface area contributed by atoms with Gasteiger partial charge in [-0.3, -0.25) is 0 Å². The zero-order chi connectivity index (χ0) is 16.7. The SMILES string of the molecule is Cc1ccc2cc(C#N)n([Si](C(C)C)(C(C)C)C(C)C)c2c1. The van der Waals surface area contributed by atoms with Gasteiger partial charge in [0.05, 0.1) is 0 Å². The number of hydrogen-bond donors (Lipinski definition) is 0. The van der Waals surface area contributed by atoms with Crippen LogP contribution in [0.3, 0.4) is 0 Å². The third-order valence-corrected chi connectivity index (χ3v) is 12.0. The van der Waals surface area contributed by atoms with Gasteiger partial charge in [0.15, 0.2) is 8.24 Å². The quantitative estimate of drug-likeness (QED) is 0.651. The molecule has 0 saturated heterocycles. The van der Waals surface area contributed by atoms with Crippen molar-refractivity contribution < 1.29 is 0 Å². The minimum absolute atomic E-state index is 0.579. The Balaban J connectivity index is 2.96. The fourth-order valence-corrected chi connectivity index (χ4v) is 11.3. The maximum absolute atomic E-state index is 9.75. The number of aromatic nitrogens is 1. The van der Waals surface area contributed by atoms with Gasteiger partial charge >= 0.3 is 0 Å². The highest BCUT2D eigenvalue weighted by Crippen LogP contribution is 2.45. The molecule has 118 valence electrons. The molecule has 2 nitrogen and oxygen atoms in total. The highest BCUT2D eigenvalue weighted by molar-refractivity contribution is 6.82. The summed E-state index contributed by atoms with van der Waals surface area (Å²) in [6.45, 7) is 16.2. The Bertz CT molecular complexity index is 695. The molecule has 1 heterocycles. The Hall–Kier alpha value is -1.53. The molecule has 0 radical (unpaired) electrons. The summed E-state index contributed by atoms with van der Waals surface area (Å²) in [5.74, 6) is 0. The lowest BCUT2D eigenvalue weighted by atomic mass is 10.2. The van der Waals surface area contributed by atoms with Gasteiger partial charge in [0.2, 0.25) is 0 Å². The van der Waals surface area contributed by atoms with E-state index in [1.807, 2.05) is 0 Å². The fourth-order valence-electron chi connectivity index (χ4n) is 4.59. The molecular weight excluding hydrogens is 284 g/mol. The third kappa shape index (κ3) is 2.30. The first-order valence-electron chi connectivity index (χ1n) is 8.29. The van der Waals surface area contributed by atoms with Crippen molar-refractivity contribution in [1.29, 1.82) is 5.26 Å². The fraction of sp³-hybridized carbons (Fsp3) is 0.526. The Morgan fingerprint density at radius 2 is 1.50 bits per heavy atom. The van der Waals surface area contributed by atoms with Crippen LogP contribution in [0.4, 0.5) is 0 Å². The van der Waals surface area contributed by atoms with Gasteiger partial charge in [0.1, 0.15) is 11.8 Å². The Kier molecular flexibility index (Phi) is 4.53. The summed E-state index contributed by atoms with van der Waals surface area (Å²) in [6, 6.07) is 11.1. The molecule has 0 aliphatic carbocycles. The summed E-state index contributed by atoms with van der Waals surface area (Å²) in [7, 11) is -1.91. The largest absolute Gasteiger partial charge is 0.359 e. The van der Waals surface area contributed by atoms with E-state index in [0.29, 0.717) is 16.6 Å². The molecule has 3 heteroatoms. The highest BCUT2D eigenvalue weighted by Gasteiger charge is 2.46. The third-order valence-electron chi connectivity index (χ3n) is 5.24. The molecule has 0 aliphatic rings. The van der Waals surface area contributed by atoms with Crippen LogP contribution in [0.5, 0.6) is 0 Å². The lowest BCUT2D eigenvalue weighted by Gasteiger charge is -2.45. The first-order valence-corrected chi connectivity index (χ1v) is 10.5. The average molecular weight is 313 g/mol. The number of nitriles is 1. The highest BCUT2D eigenvalue weighted by atomic mass is 28.3. The Morgan fingerprint density at radius 3 is 1.95 bits per heavy atom. The number of rotatable bonds is 4. The maximum atomic E-state index is 9.75. The van der Waals surface area contributed by atoms with Crippen molar-refractivity contribution in [3.8, 4) is 6.07 Å². The van der Waals surface area contributed by atoms with Crippen LogP contribution < -0.4 is 0 Å². The predicted octanol–water partition coefficient (Wildman–Crippen LogP) is 5.85. The van der Waals surface area contributed by atoms with E-state index in [0.717, 1.165) is 5.69 Å². The molecule has 0 amide bonds. The van der Waals surface area contributed by atoms with Crippen LogP contribution in [0.2, 0.25) is 16.6 Å². The van der Waals surface area contributed by atoms with Crippen LogP contribution >= 0.6 is 0 Å². The van der Waals surface area contributed by atoms with Crippen molar-refractivity contribution in [2.45, 2.75) is 65.1 Å². The van der Waals surface area contributed by atoms with Gasteiger partial charge in [-0.25, -0.2) is 0 Å². The van der Waals surface area contributed by atoms with E-state index in [9.17, 15) is 5.26 Å². The number of benzene rings is 1. The summed E-state index contributed by atoms with van der Waals surface area (Å²) in [6.07, 6.45) is 0. The summed E-state index contributed by atoms with van der Waals surface area (Å²) in [4.78, 5) is 0. The average Bonchev–Trinajstić information content (AvgIpc) is 2.77. The summed E-state index contributed by atoms with van der Waals surface area (Å²) in [5, 5.41) is 10.9. The van der Waals surface area contributed by atoms with E-state index in [4.69, 9.17) is 0 Å². The molecule has 2 rings (SSSR count). The van der Waals surface area contributed by atoms with Crippen LogP contribution in [0.1, 0.15) is 52.8 Å². The van der Waals surface area contributed by atoms with E-state index in [1.165, 1.54) is 16.5 Å². The molecule has 0 atom stereocenters. The lowest BCUT2D eigenvalue weighted by molar-refractivity contribution is 0.770. The number of hydrogen-bond acceptors (Lipinski definition) is 1. The molecule has 2 aromatic rings. The molecule has 1 aromatic carbocycles. The Morgan fingerprint density at radius 1 is 0.955 bits per heavy atom. The predicted molar refractivity (Wildman–Crippen MR) is 97.8 cm³/mol. The lowest BCUT2D eigenvalue weighted by Crippen LogP contribution is -2.52. The van der Waals surface area contributed by atoms with E-state index in [1.54, 1.807) is 0 Å². The van der Waals surface area contributed by atoms with Crippen LogP contribution in [-0.4, -0.2) is 12.5 Å². The molecule has 0 aliphatic heterocycles. The van der Waals surface area contributed by atoms with Gasteiger partial charge in [0.25, 0.3) is 0 Å². The molecule has 0 unspecified atom stereocenters. The van der Waals surface area contributed by atoms with Crippen LogP contribution in [0.15, 0.2) is 24.3 Å². The van der Waals surface area contributed by atoms with Gasteiger partial charge in [-0.1, -0.05) is 53.7 Å². The van der Waals surface area contributed by atoms with Crippen LogP contribution in [0, 0.1) is 18.3 Å². The first-order chi connectivity index (χ1) is 10.3. The van der Waals surface area contributed by atoms with Gasteiger partial charge in [-0.15, -0.1) is 0 Å². The van der Waals surface area contributed by atoms with Crippen LogP contribution in [-0.2, 0) is 0 Å². The van der Waals surface area contributed by atoms with Gasteiger partial charge < -0.3 is 4.23 Å². The summed E-state index contributed by atoms with van der Waals surface area (Å²) in [5.41, 5.74) is 5.08. The van der Waals surface area contributed by atoms with Crippen molar-refractivity contribution in [3.63, 3.8) is 0 Å². The summed E-state index contributed by atoms with van der Waals surface area (Å²) >= 11 is 0. The molecule has 0 bridgehead atoms. The van der Waals surface area contributed by atoms with E-state index >= 15 is 0 Å². The number of aryl methyl sites for hydroxylation is 1. The number of nitrogens with zero attached hydrogens (tertiary/aromatic N) is 2. The monoisotopic (exact) mass is 312 g/mol. The minimum Gasteiger partial charge on any atom is -0.359 e.